The van der Waals surface area contributed by atoms with Crippen LogP contribution >= 0.6 is 0 Å². The fourth-order valence-electron chi connectivity index (χ4n) is 2.60. The lowest BCUT2D eigenvalue weighted by molar-refractivity contribution is 0.0783. The first-order valence-corrected chi connectivity index (χ1v) is 8.10. The number of methoxy groups -OCH3 is 2. The summed E-state index contributed by atoms with van der Waals surface area (Å²) in [5.41, 5.74) is 1.27. The predicted octanol–water partition coefficient (Wildman–Crippen LogP) is 2.89. The van der Waals surface area contributed by atoms with Crippen LogP contribution in [0.15, 0.2) is 22.7 Å². The number of ether oxygens (including phenoxy) is 2. The van der Waals surface area contributed by atoms with Crippen LogP contribution in [0.3, 0.4) is 0 Å². The van der Waals surface area contributed by atoms with Gasteiger partial charge in [-0.1, -0.05) is 12.1 Å². The smallest absolute Gasteiger partial charge is 0.259 e. The largest absolute Gasteiger partial charge is 0.493 e. The number of benzene rings is 1. The van der Waals surface area contributed by atoms with Gasteiger partial charge in [0.05, 0.1) is 14.2 Å². The van der Waals surface area contributed by atoms with Crippen molar-refractivity contribution in [2.45, 2.75) is 26.4 Å². The molecule has 25 heavy (non-hydrogen) atoms. The van der Waals surface area contributed by atoms with Gasteiger partial charge in [-0.2, -0.15) is 0 Å². The second kappa shape index (κ2) is 8.02. The summed E-state index contributed by atoms with van der Waals surface area (Å²) in [7, 11) is 4.80. The van der Waals surface area contributed by atoms with Gasteiger partial charge in [0.25, 0.3) is 5.91 Å². The Hall–Kier alpha value is -2.54. The van der Waals surface area contributed by atoms with E-state index in [4.69, 9.17) is 14.0 Å². The van der Waals surface area contributed by atoms with Crippen LogP contribution < -0.4 is 9.47 Å². The van der Waals surface area contributed by atoms with Crippen LogP contribution in [0.4, 0.5) is 0 Å². The zero-order chi connectivity index (χ0) is 18.6. The predicted molar refractivity (Wildman–Crippen MR) is 92.9 cm³/mol. The van der Waals surface area contributed by atoms with E-state index in [2.05, 4.69) is 5.16 Å². The van der Waals surface area contributed by atoms with Crippen LogP contribution in [0.2, 0.25) is 0 Å². The number of aliphatic hydroxyl groups excluding tert-OH is 1. The third-order valence-electron chi connectivity index (χ3n) is 3.87. The van der Waals surface area contributed by atoms with Gasteiger partial charge >= 0.3 is 0 Å². The molecule has 1 aromatic carbocycles. The van der Waals surface area contributed by atoms with Crippen molar-refractivity contribution < 1.29 is 23.9 Å². The lowest BCUT2D eigenvalue weighted by Crippen LogP contribution is -2.28. The molecule has 0 fully saturated rings. The number of nitrogens with zero attached hydrogens (tertiary/aromatic N) is 2. The van der Waals surface area contributed by atoms with Crippen molar-refractivity contribution in [2.75, 3.05) is 27.8 Å². The summed E-state index contributed by atoms with van der Waals surface area (Å²) in [6.07, 6.45) is -0.126. The summed E-state index contributed by atoms with van der Waals surface area (Å²) < 4.78 is 15.8. The van der Waals surface area contributed by atoms with E-state index < -0.39 is 6.10 Å². The van der Waals surface area contributed by atoms with Crippen molar-refractivity contribution in [3.63, 3.8) is 0 Å². The van der Waals surface area contributed by atoms with Crippen molar-refractivity contribution in [1.82, 2.24) is 10.1 Å². The standard InChI is InChI=1S/C18H24N2O5/c1-6-9-20(3)18(22)15-16(19-25-17(15)11(2)21)12-7-8-13(23-4)14(10-12)24-5/h7-8,10-11,21H,6,9H2,1-5H3/t11-/m0/s1. The van der Waals surface area contributed by atoms with Crippen LogP contribution in [-0.4, -0.2) is 48.9 Å². The number of aliphatic hydroxyl groups is 1. The number of hydrogen-bond acceptors (Lipinski definition) is 6. The molecule has 0 aliphatic carbocycles. The normalized spacial score (nSPS) is 11.9. The van der Waals surface area contributed by atoms with Crippen molar-refractivity contribution in [3.8, 4) is 22.8 Å². The zero-order valence-electron chi connectivity index (χ0n) is 15.2. The van der Waals surface area contributed by atoms with E-state index in [0.717, 1.165) is 6.42 Å². The van der Waals surface area contributed by atoms with Gasteiger partial charge in [-0.3, -0.25) is 4.79 Å². The summed E-state index contributed by atoms with van der Waals surface area (Å²) in [6.45, 7) is 4.12. The minimum absolute atomic E-state index is 0.151. The topological polar surface area (TPSA) is 85.0 Å². The van der Waals surface area contributed by atoms with E-state index in [0.29, 0.717) is 29.3 Å². The molecule has 2 aromatic rings. The van der Waals surface area contributed by atoms with Crippen molar-refractivity contribution in [2.24, 2.45) is 0 Å². The Morgan fingerprint density at radius 1 is 1.32 bits per heavy atom. The Kier molecular flexibility index (Phi) is 6.03. The molecule has 0 aliphatic rings. The van der Waals surface area contributed by atoms with E-state index in [1.54, 1.807) is 37.3 Å². The van der Waals surface area contributed by atoms with Crippen LogP contribution in [0.25, 0.3) is 11.3 Å². The monoisotopic (exact) mass is 348 g/mol. The first-order valence-electron chi connectivity index (χ1n) is 8.10. The molecule has 1 N–H and O–H groups in total. The maximum absolute atomic E-state index is 12.9. The van der Waals surface area contributed by atoms with Gasteiger partial charge in [-0.25, -0.2) is 0 Å². The number of rotatable bonds is 7. The highest BCUT2D eigenvalue weighted by molar-refractivity contribution is 6.01. The molecule has 1 atom stereocenters. The molecule has 0 bridgehead atoms. The highest BCUT2D eigenvalue weighted by atomic mass is 16.5. The average Bonchev–Trinajstić information content (AvgIpc) is 3.05. The second-order valence-corrected chi connectivity index (χ2v) is 5.74. The average molecular weight is 348 g/mol. The van der Waals surface area contributed by atoms with Gasteiger partial charge < -0.3 is 24.0 Å². The van der Waals surface area contributed by atoms with E-state index in [1.165, 1.54) is 14.0 Å². The Labute approximate surface area is 147 Å². The Balaban J connectivity index is 2.57. The first-order chi connectivity index (χ1) is 11.9. The van der Waals surface area contributed by atoms with Crippen molar-refractivity contribution >= 4 is 5.91 Å². The minimum Gasteiger partial charge on any atom is -0.493 e. The molecule has 1 amide bonds. The SMILES string of the molecule is CCCN(C)C(=O)c1c(-c2ccc(OC)c(OC)c2)noc1[C@H](C)O. The van der Waals surface area contributed by atoms with Crippen LogP contribution in [-0.2, 0) is 0 Å². The Morgan fingerprint density at radius 2 is 2.00 bits per heavy atom. The van der Waals surface area contributed by atoms with E-state index in [1.807, 2.05) is 6.92 Å². The second-order valence-electron chi connectivity index (χ2n) is 5.74. The van der Waals surface area contributed by atoms with Crippen LogP contribution in [0.5, 0.6) is 11.5 Å². The fourth-order valence-corrected chi connectivity index (χ4v) is 2.60. The van der Waals surface area contributed by atoms with Gasteiger partial charge in [0.1, 0.15) is 17.4 Å². The Morgan fingerprint density at radius 3 is 2.56 bits per heavy atom. The molecule has 136 valence electrons. The number of carbonyl (C=O) groups excluding carboxylic acids is 1. The van der Waals surface area contributed by atoms with Crippen molar-refractivity contribution in [1.29, 1.82) is 0 Å². The molecule has 0 saturated heterocycles. The molecule has 1 aromatic heterocycles. The molecule has 0 unspecified atom stereocenters. The first kappa shape index (κ1) is 18.8. The molecule has 7 heteroatoms. The minimum atomic E-state index is -0.949. The molecule has 0 radical (unpaired) electrons. The molecule has 0 spiro atoms. The fraction of sp³-hybridized carbons (Fsp3) is 0.444. The molecule has 2 rings (SSSR count). The van der Waals surface area contributed by atoms with Gasteiger partial charge in [-0.05, 0) is 31.5 Å². The number of amides is 1. The van der Waals surface area contributed by atoms with Gasteiger partial charge in [0.2, 0.25) is 0 Å². The summed E-state index contributed by atoms with van der Waals surface area (Å²) >= 11 is 0. The highest BCUT2D eigenvalue weighted by Crippen LogP contribution is 2.35. The summed E-state index contributed by atoms with van der Waals surface area (Å²) in [6, 6.07) is 5.22. The van der Waals surface area contributed by atoms with Crippen LogP contribution in [0, 0.1) is 0 Å². The van der Waals surface area contributed by atoms with Crippen molar-refractivity contribution in [3.05, 3.63) is 29.5 Å². The van der Waals surface area contributed by atoms with Gasteiger partial charge in [0, 0.05) is 19.2 Å². The summed E-state index contributed by atoms with van der Waals surface area (Å²) in [4.78, 5) is 14.4. The number of aromatic nitrogens is 1. The molecule has 0 saturated carbocycles. The number of hydrogen-bond donors (Lipinski definition) is 1. The third-order valence-corrected chi connectivity index (χ3v) is 3.87. The maximum atomic E-state index is 12.9. The van der Waals surface area contributed by atoms with E-state index in [9.17, 15) is 9.90 Å². The lowest BCUT2D eigenvalue weighted by atomic mass is 10.0. The highest BCUT2D eigenvalue weighted by Gasteiger charge is 2.28. The molecule has 7 nitrogen and oxygen atoms in total. The molecular formula is C18H24N2O5. The summed E-state index contributed by atoms with van der Waals surface area (Å²) in [5.74, 6) is 0.991. The third kappa shape index (κ3) is 3.76. The number of carbonyl (C=O) groups is 1. The Bertz CT molecular complexity index is 739. The van der Waals surface area contributed by atoms with Crippen LogP contribution in [0.1, 0.15) is 42.5 Å². The summed E-state index contributed by atoms with van der Waals surface area (Å²) in [5, 5.41) is 14.0. The molecule has 1 heterocycles. The van der Waals surface area contributed by atoms with Gasteiger partial charge in [0.15, 0.2) is 17.3 Å². The maximum Gasteiger partial charge on any atom is 0.259 e. The zero-order valence-corrected chi connectivity index (χ0v) is 15.2. The molecular weight excluding hydrogens is 324 g/mol. The molecule has 0 aliphatic heterocycles. The van der Waals surface area contributed by atoms with E-state index in [-0.39, 0.29) is 17.2 Å². The van der Waals surface area contributed by atoms with Gasteiger partial charge in [-0.15, -0.1) is 0 Å². The van der Waals surface area contributed by atoms with E-state index >= 15 is 0 Å². The quantitative estimate of drug-likeness (QED) is 0.828. The lowest BCUT2D eigenvalue weighted by Gasteiger charge is -2.17.